The second-order valence-electron chi connectivity index (χ2n) is 3.21. The Morgan fingerprint density at radius 1 is 1.31 bits per heavy atom. The summed E-state index contributed by atoms with van der Waals surface area (Å²) in [6, 6.07) is 0. The fourth-order valence-corrected chi connectivity index (χ4v) is 0.804. The van der Waals surface area contributed by atoms with E-state index in [9.17, 15) is 9.59 Å². The maximum Gasteiger partial charge on any atom is 0.328 e. The van der Waals surface area contributed by atoms with Crippen LogP contribution >= 0.6 is 0 Å². The third-order valence-corrected chi connectivity index (χ3v) is 1.66. The molecule has 88 valence electrons. The van der Waals surface area contributed by atoms with Gasteiger partial charge in [-0.25, -0.2) is 9.59 Å². The molecule has 0 aromatic carbocycles. The summed E-state index contributed by atoms with van der Waals surface area (Å²) in [7, 11) is 2.07. The third kappa shape index (κ3) is 8.55. The highest BCUT2D eigenvalue weighted by Gasteiger charge is 1.92. The highest BCUT2D eigenvalue weighted by Crippen LogP contribution is 2.02. The number of nitrogens with zero attached hydrogens (tertiary/aromatic N) is 1. The molecule has 0 spiro atoms. The standard InChI is InChI=1S/C7H11N.C4H4O4/c1-7-3-5-8(2)6-4-7;5-3(6)1-2-4(7)8/h3-5H,6H2,1-2H3;1-2H,(H,5,6)(H,7,8). The molecule has 5 nitrogen and oxygen atoms in total. The lowest BCUT2D eigenvalue weighted by Gasteiger charge is -2.14. The number of carboxylic acids is 2. The van der Waals surface area contributed by atoms with Gasteiger partial charge in [-0.1, -0.05) is 11.6 Å². The first-order valence-corrected chi connectivity index (χ1v) is 4.61. The van der Waals surface area contributed by atoms with Crippen molar-refractivity contribution in [3.05, 3.63) is 36.1 Å². The van der Waals surface area contributed by atoms with Gasteiger partial charge in [0.15, 0.2) is 0 Å². The molecule has 1 heterocycles. The van der Waals surface area contributed by atoms with Crippen LogP contribution in [0.2, 0.25) is 0 Å². The molecule has 2 N–H and O–H groups in total. The minimum Gasteiger partial charge on any atom is -0.478 e. The van der Waals surface area contributed by atoms with Crippen LogP contribution in [0.15, 0.2) is 36.1 Å². The number of hydrogen-bond acceptors (Lipinski definition) is 3. The molecule has 0 aromatic heterocycles. The van der Waals surface area contributed by atoms with E-state index in [1.165, 1.54) is 5.57 Å². The molecule has 16 heavy (non-hydrogen) atoms. The fraction of sp³-hybridized carbons (Fsp3) is 0.273. The summed E-state index contributed by atoms with van der Waals surface area (Å²) < 4.78 is 0. The Kier molecular flexibility index (Phi) is 6.35. The highest BCUT2D eigenvalue weighted by atomic mass is 16.4. The molecule has 1 rings (SSSR count). The second kappa shape index (κ2) is 7.28. The molecule has 0 unspecified atom stereocenters. The lowest BCUT2D eigenvalue weighted by Crippen LogP contribution is -2.12. The molecule has 1 aliphatic heterocycles. The molecule has 5 heteroatoms. The smallest absolute Gasteiger partial charge is 0.328 e. The van der Waals surface area contributed by atoms with Gasteiger partial charge in [0.1, 0.15) is 0 Å². The predicted molar refractivity (Wildman–Crippen MR) is 59.9 cm³/mol. The third-order valence-electron chi connectivity index (χ3n) is 1.66. The van der Waals surface area contributed by atoms with E-state index in [2.05, 4.69) is 37.2 Å². The van der Waals surface area contributed by atoms with E-state index >= 15 is 0 Å². The van der Waals surface area contributed by atoms with Crippen LogP contribution in [0.4, 0.5) is 0 Å². The molecule has 0 saturated carbocycles. The number of allylic oxidation sites excluding steroid dienone is 2. The Balaban J connectivity index is 0.000000281. The number of likely N-dealkylation sites (N-methyl/N-ethyl adjacent to an activating group) is 1. The van der Waals surface area contributed by atoms with Crippen molar-refractivity contribution in [2.75, 3.05) is 13.6 Å². The van der Waals surface area contributed by atoms with Crippen molar-refractivity contribution in [3.8, 4) is 0 Å². The Hall–Kier alpha value is -2.04. The summed E-state index contributed by atoms with van der Waals surface area (Å²) in [6.07, 6.45) is 7.53. The lowest BCUT2D eigenvalue weighted by molar-refractivity contribution is -0.134. The van der Waals surface area contributed by atoms with E-state index in [0.717, 1.165) is 6.54 Å². The molecule has 0 aromatic rings. The van der Waals surface area contributed by atoms with Crippen molar-refractivity contribution in [2.24, 2.45) is 0 Å². The van der Waals surface area contributed by atoms with Gasteiger partial charge in [0.2, 0.25) is 0 Å². The Bertz CT molecular complexity index is 326. The quantitative estimate of drug-likeness (QED) is 0.688. The van der Waals surface area contributed by atoms with Gasteiger partial charge in [0.05, 0.1) is 0 Å². The van der Waals surface area contributed by atoms with Gasteiger partial charge in [-0.15, -0.1) is 0 Å². The number of rotatable bonds is 2. The summed E-state index contributed by atoms with van der Waals surface area (Å²) >= 11 is 0. The summed E-state index contributed by atoms with van der Waals surface area (Å²) in [6.45, 7) is 3.17. The Morgan fingerprint density at radius 2 is 1.81 bits per heavy atom. The lowest BCUT2D eigenvalue weighted by atomic mass is 10.2. The first kappa shape index (κ1) is 14.0. The average molecular weight is 225 g/mol. The van der Waals surface area contributed by atoms with Gasteiger partial charge < -0.3 is 15.1 Å². The van der Waals surface area contributed by atoms with Crippen LogP contribution < -0.4 is 0 Å². The Labute approximate surface area is 94.0 Å². The van der Waals surface area contributed by atoms with Crippen molar-refractivity contribution in [2.45, 2.75) is 6.92 Å². The average Bonchev–Trinajstić information content (AvgIpc) is 2.20. The van der Waals surface area contributed by atoms with Gasteiger partial charge >= 0.3 is 11.9 Å². The minimum absolute atomic E-state index is 0.558. The molecule has 1 aliphatic rings. The topological polar surface area (TPSA) is 77.8 Å². The fourth-order valence-electron chi connectivity index (χ4n) is 0.804. The van der Waals surface area contributed by atoms with E-state index < -0.39 is 11.9 Å². The van der Waals surface area contributed by atoms with Crippen LogP contribution in [0.3, 0.4) is 0 Å². The minimum atomic E-state index is -1.26. The van der Waals surface area contributed by atoms with Gasteiger partial charge in [-0.2, -0.15) is 0 Å². The summed E-state index contributed by atoms with van der Waals surface area (Å²) in [5.41, 5.74) is 1.36. The van der Waals surface area contributed by atoms with Gasteiger partial charge in [-0.05, 0) is 19.2 Å². The number of aliphatic carboxylic acids is 2. The maximum atomic E-state index is 9.55. The molecular formula is C11H15NO4. The van der Waals surface area contributed by atoms with Gasteiger partial charge in [-0.3, -0.25) is 0 Å². The zero-order chi connectivity index (χ0) is 12.6. The number of carboxylic acid groups (broad SMARTS) is 2. The van der Waals surface area contributed by atoms with Crippen LogP contribution in [-0.4, -0.2) is 40.6 Å². The van der Waals surface area contributed by atoms with Crippen molar-refractivity contribution in [1.82, 2.24) is 4.90 Å². The molecule has 0 bridgehead atoms. The van der Waals surface area contributed by atoms with E-state index in [4.69, 9.17) is 10.2 Å². The monoisotopic (exact) mass is 225 g/mol. The van der Waals surface area contributed by atoms with Crippen LogP contribution in [0.5, 0.6) is 0 Å². The molecule has 0 radical (unpaired) electrons. The molecule has 0 amide bonds. The van der Waals surface area contributed by atoms with E-state index in [-0.39, 0.29) is 0 Å². The van der Waals surface area contributed by atoms with E-state index in [1.807, 2.05) is 0 Å². The largest absolute Gasteiger partial charge is 0.478 e. The SMILES string of the molecule is CC1=CCN(C)C=C1.O=C(O)C=CC(=O)O. The van der Waals surface area contributed by atoms with Crippen molar-refractivity contribution >= 4 is 11.9 Å². The summed E-state index contributed by atoms with van der Waals surface area (Å²) in [4.78, 5) is 21.3. The molecule has 0 atom stereocenters. The normalized spacial score (nSPS) is 14.1. The van der Waals surface area contributed by atoms with Crippen LogP contribution in [0, 0.1) is 0 Å². The summed E-state index contributed by atoms with van der Waals surface area (Å²) in [5.74, 6) is -2.51. The van der Waals surface area contributed by atoms with E-state index in [1.54, 1.807) is 0 Å². The molecule has 0 fully saturated rings. The van der Waals surface area contributed by atoms with Crippen molar-refractivity contribution < 1.29 is 19.8 Å². The number of carbonyl (C=O) groups is 2. The zero-order valence-corrected chi connectivity index (χ0v) is 9.25. The van der Waals surface area contributed by atoms with Crippen LogP contribution in [-0.2, 0) is 9.59 Å². The van der Waals surface area contributed by atoms with Gasteiger partial charge in [0, 0.05) is 25.7 Å². The number of hydrogen-bond donors (Lipinski definition) is 2. The Morgan fingerprint density at radius 3 is 2.06 bits per heavy atom. The second-order valence-corrected chi connectivity index (χ2v) is 3.21. The van der Waals surface area contributed by atoms with Gasteiger partial charge in [0.25, 0.3) is 0 Å². The highest BCUT2D eigenvalue weighted by molar-refractivity contribution is 5.89. The van der Waals surface area contributed by atoms with Crippen molar-refractivity contribution in [3.63, 3.8) is 0 Å². The van der Waals surface area contributed by atoms with Crippen molar-refractivity contribution in [1.29, 1.82) is 0 Å². The molecular weight excluding hydrogens is 210 g/mol. The maximum absolute atomic E-state index is 9.55. The molecule has 0 saturated heterocycles. The first-order valence-electron chi connectivity index (χ1n) is 4.61. The summed E-state index contributed by atoms with van der Waals surface area (Å²) in [5, 5.41) is 15.6. The van der Waals surface area contributed by atoms with E-state index in [0.29, 0.717) is 12.2 Å². The zero-order valence-electron chi connectivity index (χ0n) is 9.25. The van der Waals surface area contributed by atoms with Crippen LogP contribution in [0.25, 0.3) is 0 Å². The molecule has 0 aliphatic carbocycles. The predicted octanol–water partition coefficient (Wildman–Crippen LogP) is 1.10. The van der Waals surface area contributed by atoms with Crippen LogP contribution in [0.1, 0.15) is 6.92 Å². The first-order chi connectivity index (χ1) is 7.41.